The number of nitrogens with two attached hydrogens (primary N) is 1. The molecule has 21 heavy (non-hydrogen) atoms. The number of benzene rings is 2. The van der Waals surface area contributed by atoms with Gasteiger partial charge in [-0.15, -0.1) is 0 Å². The lowest BCUT2D eigenvalue weighted by Gasteiger charge is -2.26. The smallest absolute Gasteiger partial charge is 0.244 e. The van der Waals surface area contributed by atoms with Crippen LogP contribution in [-0.4, -0.2) is 5.91 Å². The van der Waals surface area contributed by atoms with Crippen LogP contribution in [0.2, 0.25) is 0 Å². The summed E-state index contributed by atoms with van der Waals surface area (Å²) < 4.78 is 0. The van der Waals surface area contributed by atoms with Crippen molar-refractivity contribution in [3.05, 3.63) is 71.3 Å². The molecule has 0 aliphatic carbocycles. The van der Waals surface area contributed by atoms with Gasteiger partial charge in [0.2, 0.25) is 5.91 Å². The molecule has 0 aliphatic heterocycles. The third-order valence-electron chi connectivity index (χ3n) is 3.77. The van der Waals surface area contributed by atoms with Gasteiger partial charge in [-0.2, -0.15) is 0 Å². The third-order valence-corrected chi connectivity index (χ3v) is 3.77. The summed E-state index contributed by atoms with van der Waals surface area (Å²) in [5.41, 5.74) is 8.25. The number of amides is 1. The standard InChI is InChI=1S/C18H22N2O/c1-13-9-11-15(12-10-13)14(2)20-17(21)18(3,19)16-7-5-4-6-8-16/h4-12,14H,19H2,1-3H3,(H,20,21)/t14-,18?/m0/s1. The first-order chi connectivity index (χ1) is 9.91. The summed E-state index contributed by atoms with van der Waals surface area (Å²) in [6, 6.07) is 17.5. The van der Waals surface area contributed by atoms with Gasteiger partial charge in [-0.1, -0.05) is 60.2 Å². The highest BCUT2D eigenvalue weighted by atomic mass is 16.2. The molecule has 0 bridgehead atoms. The van der Waals surface area contributed by atoms with E-state index in [0.29, 0.717) is 0 Å². The maximum atomic E-state index is 12.5. The van der Waals surface area contributed by atoms with Gasteiger partial charge in [0.25, 0.3) is 0 Å². The number of carbonyl (C=O) groups is 1. The van der Waals surface area contributed by atoms with Gasteiger partial charge in [0.05, 0.1) is 6.04 Å². The first kappa shape index (κ1) is 15.3. The number of hydrogen-bond donors (Lipinski definition) is 2. The molecule has 2 rings (SSSR count). The molecular weight excluding hydrogens is 260 g/mol. The molecule has 1 unspecified atom stereocenters. The number of nitrogens with one attached hydrogen (secondary N) is 1. The van der Waals surface area contributed by atoms with E-state index in [-0.39, 0.29) is 11.9 Å². The molecular formula is C18H22N2O. The Morgan fingerprint density at radius 3 is 2.24 bits per heavy atom. The largest absolute Gasteiger partial charge is 0.348 e. The molecule has 0 aliphatic rings. The maximum absolute atomic E-state index is 12.5. The van der Waals surface area contributed by atoms with Crippen LogP contribution in [0.4, 0.5) is 0 Å². The van der Waals surface area contributed by atoms with Gasteiger partial charge in [0.1, 0.15) is 5.54 Å². The van der Waals surface area contributed by atoms with E-state index in [9.17, 15) is 4.79 Å². The highest BCUT2D eigenvalue weighted by molar-refractivity contribution is 5.87. The van der Waals surface area contributed by atoms with Crippen LogP contribution in [-0.2, 0) is 10.3 Å². The van der Waals surface area contributed by atoms with Crippen LogP contribution in [0.3, 0.4) is 0 Å². The van der Waals surface area contributed by atoms with E-state index >= 15 is 0 Å². The Labute approximate surface area is 126 Å². The van der Waals surface area contributed by atoms with E-state index in [1.165, 1.54) is 5.56 Å². The van der Waals surface area contributed by atoms with Gasteiger partial charge in [-0.3, -0.25) is 4.79 Å². The molecule has 0 radical (unpaired) electrons. The van der Waals surface area contributed by atoms with Gasteiger partial charge in [0.15, 0.2) is 0 Å². The molecule has 0 heterocycles. The lowest BCUT2D eigenvalue weighted by molar-refractivity contribution is -0.126. The molecule has 110 valence electrons. The van der Waals surface area contributed by atoms with Gasteiger partial charge in [-0.25, -0.2) is 0 Å². The number of aryl methyl sites for hydroxylation is 1. The van der Waals surface area contributed by atoms with E-state index in [2.05, 4.69) is 5.32 Å². The van der Waals surface area contributed by atoms with Crippen LogP contribution < -0.4 is 11.1 Å². The van der Waals surface area contributed by atoms with E-state index < -0.39 is 5.54 Å². The van der Waals surface area contributed by atoms with E-state index in [1.807, 2.05) is 68.4 Å². The summed E-state index contributed by atoms with van der Waals surface area (Å²) in [4.78, 5) is 12.5. The highest BCUT2D eigenvalue weighted by Crippen LogP contribution is 2.20. The molecule has 0 saturated carbocycles. The normalized spacial score (nSPS) is 15.0. The predicted molar refractivity (Wildman–Crippen MR) is 85.7 cm³/mol. The summed E-state index contributed by atoms with van der Waals surface area (Å²) in [5.74, 6) is -0.179. The highest BCUT2D eigenvalue weighted by Gasteiger charge is 2.31. The molecule has 0 spiro atoms. The van der Waals surface area contributed by atoms with Crippen LogP contribution in [0, 0.1) is 6.92 Å². The van der Waals surface area contributed by atoms with Gasteiger partial charge >= 0.3 is 0 Å². The molecule has 1 amide bonds. The molecule has 0 saturated heterocycles. The topological polar surface area (TPSA) is 55.1 Å². The zero-order valence-corrected chi connectivity index (χ0v) is 12.8. The first-order valence-electron chi connectivity index (χ1n) is 7.13. The average molecular weight is 282 g/mol. The van der Waals surface area contributed by atoms with Crippen molar-refractivity contribution in [2.45, 2.75) is 32.4 Å². The minimum atomic E-state index is -1.04. The predicted octanol–water partition coefficient (Wildman–Crippen LogP) is 3.05. The van der Waals surface area contributed by atoms with Crippen molar-refractivity contribution in [3.8, 4) is 0 Å². The molecule has 0 aromatic heterocycles. The fourth-order valence-corrected chi connectivity index (χ4v) is 2.20. The Morgan fingerprint density at radius 1 is 1.10 bits per heavy atom. The Morgan fingerprint density at radius 2 is 1.67 bits per heavy atom. The molecule has 3 nitrogen and oxygen atoms in total. The van der Waals surface area contributed by atoms with Crippen LogP contribution in [0.25, 0.3) is 0 Å². The second kappa shape index (κ2) is 6.10. The van der Waals surface area contributed by atoms with Crippen molar-refractivity contribution < 1.29 is 4.79 Å². The second-order valence-corrected chi connectivity index (χ2v) is 5.67. The molecule has 2 aromatic carbocycles. The fourth-order valence-electron chi connectivity index (χ4n) is 2.20. The molecule has 2 atom stereocenters. The van der Waals surface area contributed by atoms with Crippen LogP contribution in [0.15, 0.2) is 54.6 Å². The molecule has 0 fully saturated rings. The lowest BCUT2D eigenvalue weighted by Crippen LogP contribution is -2.49. The van der Waals surface area contributed by atoms with Crippen LogP contribution in [0.5, 0.6) is 0 Å². The summed E-state index contributed by atoms with van der Waals surface area (Å²) in [6.45, 7) is 5.74. The monoisotopic (exact) mass is 282 g/mol. The van der Waals surface area contributed by atoms with E-state index in [4.69, 9.17) is 5.73 Å². The second-order valence-electron chi connectivity index (χ2n) is 5.67. The zero-order chi connectivity index (χ0) is 15.5. The van der Waals surface area contributed by atoms with Crippen molar-refractivity contribution in [2.75, 3.05) is 0 Å². The number of carbonyl (C=O) groups excluding carboxylic acids is 1. The van der Waals surface area contributed by atoms with Gasteiger partial charge in [0, 0.05) is 0 Å². The fraction of sp³-hybridized carbons (Fsp3) is 0.278. The Balaban J connectivity index is 2.12. The molecule has 3 N–H and O–H groups in total. The minimum Gasteiger partial charge on any atom is -0.348 e. The van der Waals surface area contributed by atoms with Gasteiger partial charge in [-0.05, 0) is 31.9 Å². The van der Waals surface area contributed by atoms with E-state index in [0.717, 1.165) is 11.1 Å². The Hall–Kier alpha value is -2.13. The summed E-state index contributed by atoms with van der Waals surface area (Å²) in [6.07, 6.45) is 0. The third kappa shape index (κ3) is 3.50. The summed E-state index contributed by atoms with van der Waals surface area (Å²) in [7, 11) is 0. The van der Waals surface area contributed by atoms with Crippen LogP contribution >= 0.6 is 0 Å². The maximum Gasteiger partial charge on any atom is 0.244 e. The number of hydrogen-bond acceptors (Lipinski definition) is 2. The van der Waals surface area contributed by atoms with Gasteiger partial charge < -0.3 is 11.1 Å². The quantitative estimate of drug-likeness (QED) is 0.905. The zero-order valence-electron chi connectivity index (χ0n) is 12.8. The summed E-state index contributed by atoms with van der Waals surface area (Å²) >= 11 is 0. The average Bonchev–Trinajstić information content (AvgIpc) is 2.48. The van der Waals surface area contributed by atoms with Crippen LogP contribution in [0.1, 0.15) is 36.6 Å². The minimum absolute atomic E-state index is 0.0790. The van der Waals surface area contributed by atoms with Crippen molar-refractivity contribution in [1.29, 1.82) is 0 Å². The molecule has 3 heteroatoms. The first-order valence-corrected chi connectivity index (χ1v) is 7.13. The van der Waals surface area contributed by atoms with Crippen molar-refractivity contribution in [3.63, 3.8) is 0 Å². The van der Waals surface area contributed by atoms with Crippen molar-refractivity contribution in [2.24, 2.45) is 5.73 Å². The summed E-state index contributed by atoms with van der Waals surface area (Å²) in [5, 5.41) is 2.99. The molecule has 2 aromatic rings. The Kier molecular flexibility index (Phi) is 4.43. The lowest BCUT2D eigenvalue weighted by atomic mass is 9.91. The van der Waals surface area contributed by atoms with Crippen molar-refractivity contribution >= 4 is 5.91 Å². The SMILES string of the molecule is Cc1ccc([C@H](C)NC(=O)C(C)(N)c2ccccc2)cc1. The van der Waals surface area contributed by atoms with E-state index in [1.54, 1.807) is 6.92 Å². The Bertz CT molecular complexity index is 603. The van der Waals surface area contributed by atoms with Crippen molar-refractivity contribution in [1.82, 2.24) is 5.32 Å². The number of rotatable bonds is 4.